The highest BCUT2D eigenvalue weighted by atomic mass is 19.4. The molecule has 0 fully saturated rings. The Morgan fingerprint density at radius 2 is 1.76 bits per heavy atom. The summed E-state index contributed by atoms with van der Waals surface area (Å²) in [4.78, 5) is 22.7. The van der Waals surface area contributed by atoms with Crippen LogP contribution in [0.3, 0.4) is 0 Å². The summed E-state index contributed by atoms with van der Waals surface area (Å²) in [5.41, 5.74) is -0.801. The third-order valence-electron chi connectivity index (χ3n) is 4.43. The number of alkyl halides is 5. The lowest BCUT2D eigenvalue weighted by atomic mass is 10.1. The number of halogens is 5. The third-order valence-corrected chi connectivity index (χ3v) is 4.43. The molecule has 0 aliphatic heterocycles. The van der Waals surface area contributed by atoms with Crippen molar-refractivity contribution < 1.29 is 31.5 Å². The van der Waals surface area contributed by atoms with Gasteiger partial charge in [-0.25, -0.2) is 18.7 Å². The van der Waals surface area contributed by atoms with Gasteiger partial charge >= 0.3 is 6.18 Å². The van der Waals surface area contributed by atoms with Crippen LogP contribution in [0.15, 0.2) is 36.7 Å². The van der Waals surface area contributed by atoms with Crippen LogP contribution in [0.4, 0.5) is 50.8 Å². The Kier molecular flexibility index (Phi) is 7.13. The molecule has 0 spiro atoms. The van der Waals surface area contributed by atoms with E-state index in [1.54, 1.807) is 19.1 Å². The number of nitrogens with one attached hydrogen (secondary N) is 3. The van der Waals surface area contributed by atoms with Gasteiger partial charge in [-0.1, -0.05) is 6.07 Å². The quantitative estimate of drug-likeness (QED) is 0.378. The Bertz CT molecular complexity index is 1200. The number of carbonyl (C=O) groups is 1. The zero-order valence-electron chi connectivity index (χ0n) is 18.1. The van der Waals surface area contributed by atoms with Crippen molar-refractivity contribution >= 4 is 34.7 Å². The van der Waals surface area contributed by atoms with Crippen molar-refractivity contribution in [1.29, 1.82) is 0 Å². The van der Waals surface area contributed by atoms with E-state index >= 15 is 0 Å². The Labute approximate surface area is 190 Å². The second kappa shape index (κ2) is 9.85. The maximum absolute atomic E-state index is 13.6. The number of pyridine rings is 1. The van der Waals surface area contributed by atoms with Crippen LogP contribution in [0.2, 0.25) is 0 Å². The SMILES string of the molecule is COc1cc(Nc2ncc(C(F)(F)F)c(Nc3ccc(C)cc3NC(C)=O)n2)c(C(F)F)cn1. The maximum atomic E-state index is 13.6. The molecule has 2 aromatic heterocycles. The number of amides is 1. The third kappa shape index (κ3) is 5.85. The molecule has 0 bridgehead atoms. The minimum Gasteiger partial charge on any atom is -0.481 e. The number of carbonyl (C=O) groups excluding carboxylic acids is 1. The van der Waals surface area contributed by atoms with Crippen LogP contribution < -0.4 is 20.7 Å². The van der Waals surface area contributed by atoms with E-state index in [1.807, 2.05) is 0 Å². The molecular weight excluding hydrogens is 463 g/mol. The lowest BCUT2D eigenvalue weighted by molar-refractivity contribution is -0.137. The molecule has 0 radical (unpaired) electrons. The van der Waals surface area contributed by atoms with E-state index in [1.165, 1.54) is 20.1 Å². The van der Waals surface area contributed by atoms with Gasteiger partial charge in [-0.3, -0.25) is 4.79 Å². The highest BCUT2D eigenvalue weighted by molar-refractivity contribution is 5.93. The first-order valence-corrected chi connectivity index (χ1v) is 9.66. The number of anilines is 5. The largest absolute Gasteiger partial charge is 0.481 e. The van der Waals surface area contributed by atoms with Crippen LogP contribution in [-0.4, -0.2) is 28.0 Å². The van der Waals surface area contributed by atoms with Gasteiger partial charge in [-0.05, 0) is 24.6 Å². The summed E-state index contributed by atoms with van der Waals surface area (Å²) < 4.78 is 72.5. The van der Waals surface area contributed by atoms with Gasteiger partial charge in [0.05, 0.1) is 29.7 Å². The summed E-state index contributed by atoms with van der Waals surface area (Å²) in [5, 5.41) is 7.58. The van der Waals surface area contributed by atoms with Crippen molar-refractivity contribution in [3.63, 3.8) is 0 Å². The second-order valence-corrected chi connectivity index (χ2v) is 7.05. The standard InChI is InChI=1S/C21H19F5N6O2/c1-10-4-5-14(16(6-10)29-11(2)33)30-19-13(21(24,25)26)9-28-20(32-19)31-15-7-17(34-3)27-8-12(15)18(22)23/h4-9,18H,1-3H3,(H,29,33)(H2,27,28,30,31,32). The van der Waals surface area contributed by atoms with Gasteiger partial charge in [0.1, 0.15) is 11.4 Å². The van der Waals surface area contributed by atoms with Crippen LogP contribution in [0, 0.1) is 6.92 Å². The average Bonchev–Trinajstić information content (AvgIpc) is 2.74. The molecule has 3 aromatic rings. The van der Waals surface area contributed by atoms with Crippen LogP contribution in [0.5, 0.6) is 5.88 Å². The van der Waals surface area contributed by atoms with Gasteiger partial charge in [-0.15, -0.1) is 0 Å². The van der Waals surface area contributed by atoms with Crippen molar-refractivity contribution in [2.45, 2.75) is 26.4 Å². The zero-order valence-corrected chi connectivity index (χ0v) is 18.1. The first kappa shape index (κ1) is 24.6. The van der Waals surface area contributed by atoms with E-state index in [-0.39, 0.29) is 28.9 Å². The minimum absolute atomic E-state index is 0.00300. The van der Waals surface area contributed by atoms with Crippen LogP contribution in [-0.2, 0) is 11.0 Å². The molecule has 3 N–H and O–H groups in total. The number of nitrogens with zero attached hydrogens (tertiary/aromatic N) is 3. The topological polar surface area (TPSA) is 101 Å². The predicted octanol–water partition coefficient (Wildman–Crippen LogP) is 5.59. The van der Waals surface area contributed by atoms with E-state index in [0.717, 1.165) is 17.8 Å². The summed E-state index contributed by atoms with van der Waals surface area (Å²) in [6.07, 6.45) is -6.36. The van der Waals surface area contributed by atoms with Gasteiger partial charge in [0.15, 0.2) is 0 Å². The van der Waals surface area contributed by atoms with Crippen LogP contribution in [0.25, 0.3) is 0 Å². The Balaban J connectivity index is 2.05. The molecule has 2 heterocycles. The number of aromatic nitrogens is 3. The van der Waals surface area contributed by atoms with Crippen molar-refractivity contribution in [2.24, 2.45) is 0 Å². The molecule has 180 valence electrons. The molecule has 34 heavy (non-hydrogen) atoms. The van der Waals surface area contributed by atoms with E-state index in [4.69, 9.17) is 4.74 Å². The summed E-state index contributed by atoms with van der Waals surface area (Å²) in [6, 6.07) is 5.80. The van der Waals surface area contributed by atoms with Crippen molar-refractivity contribution in [2.75, 3.05) is 23.1 Å². The molecule has 0 aliphatic carbocycles. The first-order valence-electron chi connectivity index (χ1n) is 9.66. The lowest BCUT2D eigenvalue weighted by Gasteiger charge is -2.18. The number of aryl methyl sites for hydroxylation is 1. The Hall–Kier alpha value is -4.03. The molecule has 3 rings (SSSR count). The van der Waals surface area contributed by atoms with Gasteiger partial charge in [-0.2, -0.15) is 18.2 Å². The maximum Gasteiger partial charge on any atom is 0.421 e. The van der Waals surface area contributed by atoms with Gasteiger partial charge in [0.25, 0.3) is 6.43 Å². The number of rotatable bonds is 7. The molecule has 8 nitrogen and oxygen atoms in total. The monoisotopic (exact) mass is 482 g/mol. The number of benzene rings is 1. The van der Waals surface area contributed by atoms with E-state index in [0.29, 0.717) is 6.20 Å². The first-order chi connectivity index (χ1) is 16.0. The Morgan fingerprint density at radius 1 is 1.03 bits per heavy atom. The fraction of sp³-hybridized carbons (Fsp3) is 0.238. The van der Waals surface area contributed by atoms with Crippen molar-refractivity contribution in [1.82, 2.24) is 15.0 Å². The van der Waals surface area contributed by atoms with Gasteiger partial charge < -0.3 is 20.7 Å². The molecule has 0 atom stereocenters. The number of hydrogen-bond acceptors (Lipinski definition) is 7. The summed E-state index contributed by atoms with van der Waals surface area (Å²) in [5.74, 6) is -1.48. The van der Waals surface area contributed by atoms with E-state index in [2.05, 4.69) is 30.9 Å². The lowest BCUT2D eigenvalue weighted by Crippen LogP contribution is -2.14. The number of hydrogen-bond donors (Lipinski definition) is 3. The average molecular weight is 482 g/mol. The smallest absolute Gasteiger partial charge is 0.421 e. The highest BCUT2D eigenvalue weighted by Gasteiger charge is 2.35. The fourth-order valence-electron chi connectivity index (χ4n) is 2.89. The van der Waals surface area contributed by atoms with Gasteiger partial charge in [0.2, 0.25) is 17.7 Å². The highest BCUT2D eigenvalue weighted by Crippen LogP contribution is 2.37. The summed E-state index contributed by atoms with van der Waals surface area (Å²) in [6.45, 7) is 3.00. The number of ether oxygens (including phenoxy) is 1. The molecule has 0 saturated carbocycles. The Morgan fingerprint density at radius 3 is 2.38 bits per heavy atom. The zero-order chi connectivity index (χ0) is 25.0. The molecule has 0 saturated heterocycles. The second-order valence-electron chi connectivity index (χ2n) is 7.05. The van der Waals surface area contributed by atoms with Crippen molar-refractivity contribution in [3.05, 3.63) is 53.3 Å². The molecule has 1 amide bonds. The van der Waals surface area contributed by atoms with E-state index < -0.39 is 35.5 Å². The molecule has 0 aliphatic rings. The van der Waals surface area contributed by atoms with Crippen molar-refractivity contribution in [3.8, 4) is 5.88 Å². The van der Waals surface area contributed by atoms with Gasteiger partial charge in [0, 0.05) is 25.4 Å². The predicted molar refractivity (Wildman–Crippen MR) is 115 cm³/mol. The van der Waals surface area contributed by atoms with E-state index in [9.17, 15) is 26.7 Å². The van der Waals surface area contributed by atoms with Crippen LogP contribution >= 0.6 is 0 Å². The normalized spacial score (nSPS) is 11.3. The number of methoxy groups -OCH3 is 1. The molecule has 13 heteroatoms. The van der Waals surface area contributed by atoms with Crippen LogP contribution in [0.1, 0.15) is 30.0 Å². The summed E-state index contributed by atoms with van der Waals surface area (Å²) in [7, 11) is 1.28. The molecular formula is C21H19F5N6O2. The fourth-order valence-corrected chi connectivity index (χ4v) is 2.89. The molecule has 1 aromatic carbocycles. The summed E-state index contributed by atoms with van der Waals surface area (Å²) >= 11 is 0. The molecule has 0 unspecified atom stereocenters. The minimum atomic E-state index is -4.83.